The molecule has 0 saturated carbocycles. The van der Waals surface area contributed by atoms with Gasteiger partial charge in [0.15, 0.2) is 5.76 Å². The molecule has 5 nitrogen and oxygen atoms in total. The lowest BCUT2D eigenvalue weighted by Gasteiger charge is -2.23. The van der Waals surface area contributed by atoms with Crippen molar-refractivity contribution >= 4 is 29.2 Å². The van der Waals surface area contributed by atoms with Gasteiger partial charge in [-0.15, -0.1) is 0 Å². The summed E-state index contributed by atoms with van der Waals surface area (Å²) in [4.78, 5) is 24.7. The number of rotatable bonds is 5. The van der Waals surface area contributed by atoms with Crippen LogP contribution in [0.2, 0.25) is 5.02 Å². The maximum Gasteiger partial charge on any atom is 0.305 e. The van der Waals surface area contributed by atoms with Gasteiger partial charge in [0.05, 0.1) is 12.7 Å². The summed E-state index contributed by atoms with van der Waals surface area (Å²) in [5.41, 5.74) is 1.29. The van der Waals surface area contributed by atoms with Crippen LogP contribution in [-0.2, 0) is 4.79 Å². The van der Waals surface area contributed by atoms with E-state index in [9.17, 15) is 9.59 Å². The Kier molecular flexibility index (Phi) is 4.65. The lowest BCUT2D eigenvalue weighted by molar-refractivity contribution is -0.136. The summed E-state index contributed by atoms with van der Waals surface area (Å²) < 4.78 is 5.10. The number of carbonyl (C=O) groups excluding carboxylic acids is 1. The van der Waals surface area contributed by atoms with E-state index in [1.807, 2.05) is 0 Å². The molecule has 0 bridgehead atoms. The molecule has 0 saturated heterocycles. The van der Waals surface area contributed by atoms with Crippen LogP contribution in [0, 0.1) is 6.92 Å². The van der Waals surface area contributed by atoms with E-state index in [1.54, 1.807) is 31.2 Å². The molecule has 0 aliphatic heterocycles. The van der Waals surface area contributed by atoms with Gasteiger partial charge in [-0.05, 0) is 36.8 Å². The number of amides is 1. The number of furan rings is 1. The average Bonchev–Trinajstić information content (AvgIpc) is 2.97. The maximum absolute atomic E-state index is 12.5. The number of hydrogen-bond acceptors (Lipinski definition) is 3. The molecule has 0 fully saturated rings. The molecule has 1 aromatic carbocycles. The van der Waals surface area contributed by atoms with E-state index in [1.165, 1.54) is 17.2 Å². The standard InChI is InChI=1S/C15H14ClNO4/c1-10-11(16)4-2-5-12(10)17(8-7-14(18)19)15(20)13-6-3-9-21-13/h2-6,9H,7-8H2,1H3,(H,18,19). The minimum atomic E-state index is -0.980. The normalized spacial score (nSPS) is 10.4. The Bertz CT molecular complexity index is 652. The van der Waals surface area contributed by atoms with Crippen molar-refractivity contribution in [1.82, 2.24) is 0 Å². The molecule has 6 heteroatoms. The van der Waals surface area contributed by atoms with Crippen molar-refractivity contribution in [1.29, 1.82) is 0 Å². The van der Waals surface area contributed by atoms with E-state index < -0.39 is 11.9 Å². The van der Waals surface area contributed by atoms with Gasteiger partial charge in [0, 0.05) is 17.3 Å². The highest BCUT2D eigenvalue weighted by atomic mass is 35.5. The fourth-order valence-corrected chi connectivity index (χ4v) is 2.13. The molecule has 0 aliphatic carbocycles. The van der Waals surface area contributed by atoms with Gasteiger partial charge in [-0.2, -0.15) is 0 Å². The van der Waals surface area contributed by atoms with E-state index in [0.717, 1.165) is 0 Å². The topological polar surface area (TPSA) is 70.8 Å². The molecule has 0 aliphatic rings. The molecule has 0 spiro atoms. The van der Waals surface area contributed by atoms with E-state index >= 15 is 0 Å². The number of carboxylic acids is 1. The second-order valence-electron chi connectivity index (χ2n) is 4.46. The molecule has 1 heterocycles. The molecule has 2 rings (SSSR count). The number of anilines is 1. The van der Waals surface area contributed by atoms with Gasteiger partial charge in [0.2, 0.25) is 0 Å². The van der Waals surface area contributed by atoms with E-state index in [-0.39, 0.29) is 18.7 Å². The highest BCUT2D eigenvalue weighted by molar-refractivity contribution is 6.31. The summed E-state index contributed by atoms with van der Waals surface area (Å²) in [6, 6.07) is 8.30. The number of hydrogen-bond donors (Lipinski definition) is 1. The zero-order valence-electron chi connectivity index (χ0n) is 11.4. The molecule has 0 unspecified atom stereocenters. The largest absolute Gasteiger partial charge is 0.481 e. The van der Waals surface area contributed by atoms with Crippen LogP contribution < -0.4 is 4.90 Å². The zero-order chi connectivity index (χ0) is 15.4. The predicted molar refractivity (Wildman–Crippen MR) is 78.8 cm³/mol. The van der Waals surface area contributed by atoms with Crippen LogP contribution in [-0.4, -0.2) is 23.5 Å². The Hall–Kier alpha value is -2.27. The monoisotopic (exact) mass is 307 g/mol. The first-order valence-corrected chi connectivity index (χ1v) is 6.70. The molecule has 21 heavy (non-hydrogen) atoms. The Balaban J connectivity index is 2.38. The number of carboxylic acid groups (broad SMARTS) is 1. The molecule has 2 aromatic rings. The van der Waals surface area contributed by atoms with Gasteiger partial charge >= 0.3 is 5.97 Å². The van der Waals surface area contributed by atoms with Gasteiger partial charge in [-0.3, -0.25) is 9.59 Å². The van der Waals surface area contributed by atoms with Crippen molar-refractivity contribution in [3.8, 4) is 0 Å². The van der Waals surface area contributed by atoms with Crippen molar-refractivity contribution in [2.24, 2.45) is 0 Å². The second-order valence-corrected chi connectivity index (χ2v) is 4.87. The third-order valence-corrected chi connectivity index (χ3v) is 3.47. The molecule has 0 radical (unpaired) electrons. The van der Waals surface area contributed by atoms with Crippen molar-refractivity contribution in [2.45, 2.75) is 13.3 Å². The number of benzene rings is 1. The summed E-state index contributed by atoms with van der Waals surface area (Å²) in [6.45, 7) is 1.82. The van der Waals surface area contributed by atoms with Crippen molar-refractivity contribution < 1.29 is 19.1 Å². The molecule has 110 valence electrons. The van der Waals surface area contributed by atoms with Gasteiger partial charge in [0.25, 0.3) is 5.91 Å². The molecule has 1 aromatic heterocycles. The molecular weight excluding hydrogens is 294 g/mol. The molecular formula is C15H14ClNO4. The minimum absolute atomic E-state index is 0.0377. The van der Waals surface area contributed by atoms with Gasteiger partial charge < -0.3 is 14.4 Å². The van der Waals surface area contributed by atoms with Crippen molar-refractivity contribution in [3.63, 3.8) is 0 Å². The maximum atomic E-state index is 12.5. The van der Waals surface area contributed by atoms with Crippen molar-refractivity contribution in [2.75, 3.05) is 11.4 Å². The van der Waals surface area contributed by atoms with Crippen LogP contribution in [0.15, 0.2) is 41.0 Å². The summed E-state index contributed by atoms with van der Waals surface area (Å²) in [6.07, 6.45) is 1.23. The van der Waals surface area contributed by atoms with Gasteiger partial charge in [0.1, 0.15) is 0 Å². The van der Waals surface area contributed by atoms with Crippen LogP contribution >= 0.6 is 11.6 Å². The first-order chi connectivity index (χ1) is 10.0. The van der Waals surface area contributed by atoms with Crippen LogP contribution in [0.25, 0.3) is 0 Å². The number of aliphatic carboxylic acids is 1. The number of halogens is 1. The van der Waals surface area contributed by atoms with Crippen LogP contribution in [0.1, 0.15) is 22.5 Å². The summed E-state index contributed by atoms with van der Waals surface area (Å²) in [5, 5.41) is 9.37. The fourth-order valence-electron chi connectivity index (χ4n) is 1.96. The zero-order valence-corrected chi connectivity index (χ0v) is 12.1. The van der Waals surface area contributed by atoms with E-state index in [4.69, 9.17) is 21.1 Å². The lowest BCUT2D eigenvalue weighted by Crippen LogP contribution is -2.33. The van der Waals surface area contributed by atoms with Gasteiger partial charge in [-0.1, -0.05) is 17.7 Å². The Labute approximate surface area is 126 Å². The fraction of sp³-hybridized carbons (Fsp3) is 0.200. The highest BCUT2D eigenvalue weighted by Gasteiger charge is 2.22. The summed E-state index contributed by atoms with van der Waals surface area (Å²) in [5.74, 6) is -1.22. The Morgan fingerprint density at radius 1 is 1.29 bits per heavy atom. The summed E-state index contributed by atoms with van der Waals surface area (Å²) in [7, 11) is 0. The molecule has 1 amide bonds. The smallest absolute Gasteiger partial charge is 0.305 e. The number of carbonyl (C=O) groups is 2. The van der Waals surface area contributed by atoms with Crippen LogP contribution in [0.5, 0.6) is 0 Å². The van der Waals surface area contributed by atoms with E-state index in [2.05, 4.69) is 0 Å². The quantitative estimate of drug-likeness (QED) is 0.919. The van der Waals surface area contributed by atoms with Crippen molar-refractivity contribution in [3.05, 3.63) is 52.9 Å². The van der Waals surface area contributed by atoms with Crippen LogP contribution in [0.4, 0.5) is 5.69 Å². The number of nitrogens with zero attached hydrogens (tertiary/aromatic N) is 1. The Morgan fingerprint density at radius 2 is 2.05 bits per heavy atom. The average molecular weight is 308 g/mol. The first-order valence-electron chi connectivity index (χ1n) is 6.33. The SMILES string of the molecule is Cc1c(Cl)cccc1N(CCC(=O)O)C(=O)c1ccco1. The third-order valence-electron chi connectivity index (χ3n) is 3.06. The molecule has 1 N–H and O–H groups in total. The molecule has 0 atom stereocenters. The second kappa shape index (κ2) is 6.45. The Morgan fingerprint density at radius 3 is 2.67 bits per heavy atom. The first kappa shape index (κ1) is 15.1. The lowest BCUT2D eigenvalue weighted by atomic mass is 10.1. The highest BCUT2D eigenvalue weighted by Crippen LogP contribution is 2.28. The minimum Gasteiger partial charge on any atom is -0.481 e. The predicted octanol–water partition coefficient (Wildman–Crippen LogP) is 3.36. The van der Waals surface area contributed by atoms with Crippen LogP contribution in [0.3, 0.4) is 0 Å². The van der Waals surface area contributed by atoms with E-state index in [0.29, 0.717) is 16.3 Å². The van der Waals surface area contributed by atoms with Gasteiger partial charge in [-0.25, -0.2) is 0 Å². The third kappa shape index (κ3) is 3.44. The summed E-state index contributed by atoms with van der Waals surface area (Å²) >= 11 is 6.07.